The molecule has 0 saturated carbocycles. The summed E-state index contributed by atoms with van der Waals surface area (Å²) in [6.45, 7) is 8.66. The Morgan fingerprint density at radius 3 is 2.47 bits per heavy atom. The lowest BCUT2D eigenvalue weighted by Gasteiger charge is -2.34. The van der Waals surface area contributed by atoms with E-state index in [0.717, 1.165) is 5.56 Å². The molecule has 1 amide bonds. The van der Waals surface area contributed by atoms with Crippen LogP contribution in [-0.4, -0.2) is 66.6 Å². The van der Waals surface area contributed by atoms with E-state index in [-0.39, 0.29) is 24.1 Å². The molecule has 1 N–H and O–H groups in total. The van der Waals surface area contributed by atoms with Gasteiger partial charge in [-0.3, -0.25) is 9.69 Å². The zero-order valence-electron chi connectivity index (χ0n) is 17.9. The highest BCUT2D eigenvalue weighted by atomic mass is 19.1. The molecule has 1 saturated heterocycles. The first-order valence-corrected chi connectivity index (χ1v) is 10.1. The molecule has 1 aromatic carbocycles. The third-order valence-electron chi connectivity index (χ3n) is 5.41. The molecule has 1 fully saturated rings. The SMILES string of the molecule is CCOC(=O)c1c(C)[nH]c(C(=O)N2CCN(Cc3ccc(OC)c(F)c3)CC2)c1C. The number of carbonyl (C=O) groups is 2. The first-order valence-electron chi connectivity index (χ1n) is 10.1. The normalized spacial score (nSPS) is 14.6. The van der Waals surface area contributed by atoms with Gasteiger partial charge in [-0.1, -0.05) is 6.07 Å². The minimum absolute atomic E-state index is 0.124. The Morgan fingerprint density at radius 2 is 1.87 bits per heavy atom. The molecule has 162 valence electrons. The molecule has 30 heavy (non-hydrogen) atoms. The van der Waals surface area contributed by atoms with E-state index in [1.807, 2.05) is 6.07 Å². The number of methoxy groups -OCH3 is 1. The van der Waals surface area contributed by atoms with Gasteiger partial charge >= 0.3 is 5.97 Å². The van der Waals surface area contributed by atoms with Crippen molar-refractivity contribution in [3.8, 4) is 5.75 Å². The van der Waals surface area contributed by atoms with E-state index in [2.05, 4.69) is 9.88 Å². The van der Waals surface area contributed by atoms with Crippen LogP contribution >= 0.6 is 0 Å². The minimum atomic E-state index is -0.417. The first-order chi connectivity index (χ1) is 14.3. The molecule has 8 heteroatoms. The summed E-state index contributed by atoms with van der Waals surface area (Å²) in [6.07, 6.45) is 0. The van der Waals surface area contributed by atoms with Crippen molar-refractivity contribution in [3.05, 3.63) is 52.1 Å². The van der Waals surface area contributed by atoms with Gasteiger partial charge < -0.3 is 19.4 Å². The van der Waals surface area contributed by atoms with E-state index in [1.54, 1.807) is 31.7 Å². The fraction of sp³-hybridized carbons (Fsp3) is 0.455. The average molecular weight is 417 g/mol. The minimum Gasteiger partial charge on any atom is -0.494 e. The number of carbonyl (C=O) groups excluding carboxylic acids is 2. The van der Waals surface area contributed by atoms with Crippen molar-refractivity contribution in [1.29, 1.82) is 0 Å². The van der Waals surface area contributed by atoms with Crippen molar-refractivity contribution in [2.75, 3.05) is 39.9 Å². The number of aromatic nitrogens is 1. The lowest BCUT2D eigenvalue weighted by Crippen LogP contribution is -2.48. The molecule has 1 aromatic heterocycles. The predicted molar refractivity (Wildman–Crippen MR) is 110 cm³/mol. The molecule has 3 rings (SSSR count). The van der Waals surface area contributed by atoms with Gasteiger partial charge in [0.15, 0.2) is 11.6 Å². The molecular formula is C22H28FN3O4. The summed E-state index contributed by atoms with van der Waals surface area (Å²) in [5.74, 6) is -0.688. The number of esters is 1. The zero-order chi connectivity index (χ0) is 21.8. The monoisotopic (exact) mass is 417 g/mol. The van der Waals surface area contributed by atoms with Crippen LogP contribution in [0.25, 0.3) is 0 Å². The van der Waals surface area contributed by atoms with Gasteiger partial charge in [0, 0.05) is 38.4 Å². The second-order valence-electron chi connectivity index (χ2n) is 7.38. The Labute approximate surface area is 175 Å². The summed E-state index contributed by atoms with van der Waals surface area (Å²) in [6, 6.07) is 4.96. The third kappa shape index (κ3) is 4.48. The number of rotatable bonds is 6. The molecule has 0 unspecified atom stereocenters. The highest BCUT2D eigenvalue weighted by molar-refractivity contribution is 6.00. The van der Waals surface area contributed by atoms with Gasteiger partial charge in [0.25, 0.3) is 5.91 Å². The molecule has 0 bridgehead atoms. The summed E-state index contributed by atoms with van der Waals surface area (Å²) in [5.41, 5.74) is 2.98. The topological polar surface area (TPSA) is 74.9 Å². The maximum absolute atomic E-state index is 13.9. The van der Waals surface area contributed by atoms with Gasteiger partial charge in [-0.15, -0.1) is 0 Å². The number of halogens is 1. The van der Waals surface area contributed by atoms with Gasteiger partial charge in [0.05, 0.1) is 19.3 Å². The molecule has 1 aliphatic rings. The number of ether oxygens (including phenoxy) is 2. The lowest BCUT2D eigenvalue weighted by molar-refractivity contribution is 0.0525. The van der Waals surface area contributed by atoms with Gasteiger partial charge in [-0.05, 0) is 44.0 Å². The Balaban J connectivity index is 1.62. The number of aryl methyl sites for hydroxylation is 1. The van der Waals surface area contributed by atoms with Crippen LogP contribution in [0.4, 0.5) is 4.39 Å². The lowest BCUT2D eigenvalue weighted by atomic mass is 10.1. The number of amides is 1. The van der Waals surface area contributed by atoms with Crippen molar-refractivity contribution < 1.29 is 23.5 Å². The second kappa shape index (κ2) is 9.30. The summed E-state index contributed by atoms with van der Waals surface area (Å²) in [7, 11) is 1.44. The number of piperazine rings is 1. The molecule has 0 radical (unpaired) electrons. The number of H-pyrrole nitrogens is 1. The Morgan fingerprint density at radius 1 is 1.17 bits per heavy atom. The van der Waals surface area contributed by atoms with Gasteiger partial charge in [0.2, 0.25) is 0 Å². The van der Waals surface area contributed by atoms with Crippen LogP contribution in [0.3, 0.4) is 0 Å². The fourth-order valence-electron chi connectivity index (χ4n) is 3.81. The summed E-state index contributed by atoms with van der Waals surface area (Å²) in [4.78, 5) is 32.2. The van der Waals surface area contributed by atoms with E-state index >= 15 is 0 Å². The van der Waals surface area contributed by atoms with Crippen molar-refractivity contribution in [2.24, 2.45) is 0 Å². The van der Waals surface area contributed by atoms with Crippen LogP contribution in [-0.2, 0) is 11.3 Å². The van der Waals surface area contributed by atoms with Crippen LogP contribution in [0.2, 0.25) is 0 Å². The number of aromatic amines is 1. The quantitative estimate of drug-likeness (QED) is 0.732. The number of nitrogens with one attached hydrogen (secondary N) is 1. The van der Waals surface area contributed by atoms with Crippen LogP contribution in [0.15, 0.2) is 18.2 Å². The Kier molecular flexibility index (Phi) is 6.77. The Hall–Kier alpha value is -2.87. The highest BCUT2D eigenvalue weighted by Gasteiger charge is 2.28. The fourth-order valence-corrected chi connectivity index (χ4v) is 3.81. The van der Waals surface area contributed by atoms with Gasteiger partial charge in [-0.25, -0.2) is 9.18 Å². The molecule has 2 aromatic rings. The Bertz CT molecular complexity index is 933. The number of hydrogen-bond donors (Lipinski definition) is 1. The zero-order valence-corrected chi connectivity index (χ0v) is 17.9. The summed E-state index contributed by atoms with van der Waals surface area (Å²) < 4.78 is 24.0. The van der Waals surface area contributed by atoms with Gasteiger partial charge in [0.1, 0.15) is 5.69 Å². The summed E-state index contributed by atoms with van der Waals surface area (Å²) in [5, 5.41) is 0. The molecular weight excluding hydrogens is 389 g/mol. The van der Waals surface area contributed by atoms with E-state index in [0.29, 0.717) is 55.2 Å². The first kappa shape index (κ1) is 21.8. The molecule has 0 spiro atoms. The largest absolute Gasteiger partial charge is 0.494 e. The molecule has 2 heterocycles. The molecule has 1 aliphatic heterocycles. The van der Waals surface area contributed by atoms with E-state index in [4.69, 9.17) is 9.47 Å². The van der Waals surface area contributed by atoms with Crippen molar-refractivity contribution in [2.45, 2.75) is 27.3 Å². The van der Waals surface area contributed by atoms with Crippen molar-refractivity contribution in [3.63, 3.8) is 0 Å². The van der Waals surface area contributed by atoms with Crippen LogP contribution in [0.1, 0.15) is 44.6 Å². The van der Waals surface area contributed by atoms with E-state index in [9.17, 15) is 14.0 Å². The maximum Gasteiger partial charge on any atom is 0.340 e. The number of hydrogen-bond acceptors (Lipinski definition) is 5. The molecule has 7 nitrogen and oxygen atoms in total. The standard InChI is InChI=1S/C22H28FN3O4/c1-5-30-22(28)19-14(2)20(24-15(19)3)21(27)26-10-8-25(9-11-26)13-16-6-7-18(29-4)17(23)12-16/h6-7,12,24H,5,8-11,13H2,1-4H3. The number of nitrogens with zero attached hydrogens (tertiary/aromatic N) is 2. The van der Waals surface area contributed by atoms with E-state index < -0.39 is 5.97 Å². The van der Waals surface area contributed by atoms with Crippen LogP contribution < -0.4 is 4.74 Å². The maximum atomic E-state index is 13.9. The number of benzene rings is 1. The smallest absolute Gasteiger partial charge is 0.340 e. The highest BCUT2D eigenvalue weighted by Crippen LogP contribution is 2.22. The van der Waals surface area contributed by atoms with Crippen LogP contribution in [0.5, 0.6) is 5.75 Å². The molecule has 0 aliphatic carbocycles. The molecule has 0 atom stereocenters. The van der Waals surface area contributed by atoms with E-state index in [1.165, 1.54) is 13.2 Å². The predicted octanol–water partition coefficient (Wildman–Crippen LogP) is 2.91. The third-order valence-corrected chi connectivity index (χ3v) is 5.41. The summed E-state index contributed by atoms with van der Waals surface area (Å²) >= 11 is 0. The average Bonchev–Trinajstić information content (AvgIpc) is 3.02. The van der Waals surface area contributed by atoms with Crippen molar-refractivity contribution in [1.82, 2.24) is 14.8 Å². The second-order valence-corrected chi connectivity index (χ2v) is 7.38. The van der Waals surface area contributed by atoms with Crippen molar-refractivity contribution >= 4 is 11.9 Å². The van der Waals surface area contributed by atoms with Crippen LogP contribution in [0, 0.1) is 19.7 Å². The van der Waals surface area contributed by atoms with Gasteiger partial charge in [-0.2, -0.15) is 0 Å².